The van der Waals surface area contributed by atoms with Gasteiger partial charge in [0.1, 0.15) is 0 Å². The second-order valence-corrected chi connectivity index (χ2v) is 4.60. The van der Waals surface area contributed by atoms with Gasteiger partial charge in [0, 0.05) is 11.7 Å². The molecule has 0 saturated heterocycles. The topological polar surface area (TPSA) is 63.4 Å². The Morgan fingerprint density at radius 1 is 1.22 bits per heavy atom. The standard InChI is InChI=1S/C14H18N2O2/c1-3-6-9(4-2)16-13(17)10-7-5-8-11(15)12(10)14(16)18/h5,7-9H,3-4,6,15H2,1-2H3. The number of anilines is 1. The first-order valence-electron chi connectivity index (χ1n) is 6.38. The lowest BCUT2D eigenvalue weighted by Crippen LogP contribution is -2.39. The highest BCUT2D eigenvalue weighted by Crippen LogP contribution is 2.30. The van der Waals surface area contributed by atoms with Crippen LogP contribution in [0.2, 0.25) is 0 Å². The van der Waals surface area contributed by atoms with Gasteiger partial charge in [-0.15, -0.1) is 0 Å². The van der Waals surface area contributed by atoms with Crippen molar-refractivity contribution in [3.8, 4) is 0 Å². The molecule has 2 rings (SSSR count). The first-order valence-corrected chi connectivity index (χ1v) is 6.38. The smallest absolute Gasteiger partial charge is 0.263 e. The quantitative estimate of drug-likeness (QED) is 0.655. The molecule has 1 aromatic rings. The van der Waals surface area contributed by atoms with E-state index in [1.54, 1.807) is 18.2 Å². The van der Waals surface area contributed by atoms with Crippen LogP contribution >= 0.6 is 0 Å². The maximum Gasteiger partial charge on any atom is 0.263 e. The van der Waals surface area contributed by atoms with Crippen molar-refractivity contribution in [2.24, 2.45) is 0 Å². The van der Waals surface area contributed by atoms with Crippen LogP contribution in [-0.2, 0) is 0 Å². The number of nitrogens with zero attached hydrogens (tertiary/aromatic N) is 1. The van der Waals surface area contributed by atoms with Crippen LogP contribution in [0.1, 0.15) is 53.8 Å². The van der Waals surface area contributed by atoms with E-state index >= 15 is 0 Å². The van der Waals surface area contributed by atoms with Gasteiger partial charge in [-0.2, -0.15) is 0 Å². The Balaban J connectivity index is 2.42. The zero-order valence-corrected chi connectivity index (χ0v) is 10.8. The molecule has 4 nitrogen and oxygen atoms in total. The molecule has 96 valence electrons. The predicted molar refractivity (Wildman–Crippen MR) is 70.3 cm³/mol. The second kappa shape index (κ2) is 4.80. The van der Waals surface area contributed by atoms with E-state index < -0.39 is 0 Å². The lowest BCUT2D eigenvalue weighted by molar-refractivity contribution is 0.0572. The van der Waals surface area contributed by atoms with Crippen LogP contribution in [0, 0.1) is 0 Å². The van der Waals surface area contributed by atoms with Gasteiger partial charge in [-0.3, -0.25) is 14.5 Å². The number of carbonyl (C=O) groups excluding carboxylic acids is 2. The molecular weight excluding hydrogens is 228 g/mol. The van der Waals surface area contributed by atoms with Gasteiger partial charge in [0.05, 0.1) is 11.1 Å². The van der Waals surface area contributed by atoms with Gasteiger partial charge >= 0.3 is 0 Å². The number of nitrogens with two attached hydrogens (primary N) is 1. The molecule has 0 fully saturated rings. The molecule has 0 bridgehead atoms. The molecule has 1 unspecified atom stereocenters. The summed E-state index contributed by atoms with van der Waals surface area (Å²) in [6.07, 6.45) is 2.56. The summed E-state index contributed by atoms with van der Waals surface area (Å²) < 4.78 is 0. The van der Waals surface area contributed by atoms with Gasteiger partial charge in [0.15, 0.2) is 0 Å². The molecule has 18 heavy (non-hydrogen) atoms. The van der Waals surface area contributed by atoms with E-state index in [1.807, 2.05) is 6.92 Å². The highest BCUT2D eigenvalue weighted by Gasteiger charge is 2.40. The number of fused-ring (bicyclic) bond motifs is 1. The van der Waals surface area contributed by atoms with Gasteiger partial charge in [0.2, 0.25) is 0 Å². The number of nitrogen functional groups attached to an aromatic ring is 1. The molecule has 0 radical (unpaired) electrons. The molecule has 1 heterocycles. The van der Waals surface area contributed by atoms with Gasteiger partial charge < -0.3 is 5.73 Å². The molecule has 0 aliphatic carbocycles. The zero-order valence-electron chi connectivity index (χ0n) is 10.8. The monoisotopic (exact) mass is 246 g/mol. The van der Waals surface area contributed by atoms with Crippen molar-refractivity contribution in [2.75, 3.05) is 5.73 Å². The Morgan fingerprint density at radius 2 is 1.94 bits per heavy atom. The minimum absolute atomic E-state index is 0.0261. The van der Waals surface area contributed by atoms with E-state index in [2.05, 4.69) is 6.92 Å². The fraction of sp³-hybridized carbons (Fsp3) is 0.429. The van der Waals surface area contributed by atoms with Crippen LogP contribution in [0.3, 0.4) is 0 Å². The lowest BCUT2D eigenvalue weighted by Gasteiger charge is -2.24. The van der Waals surface area contributed by atoms with E-state index in [0.717, 1.165) is 19.3 Å². The highest BCUT2D eigenvalue weighted by molar-refractivity contribution is 6.23. The Kier molecular flexibility index (Phi) is 3.36. The average molecular weight is 246 g/mol. The summed E-state index contributed by atoms with van der Waals surface area (Å²) in [6, 6.07) is 5.02. The van der Waals surface area contributed by atoms with Gasteiger partial charge in [-0.1, -0.05) is 26.3 Å². The van der Waals surface area contributed by atoms with Crippen LogP contribution in [0.4, 0.5) is 5.69 Å². The highest BCUT2D eigenvalue weighted by atomic mass is 16.2. The van der Waals surface area contributed by atoms with E-state index in [9.17, 15) is 9.59 Å². The normalized spacial score (nSPS) is 16.0. The van der Waals surface area contributed by atoms with E-state index in [0.29, 0.717) is 16.8 Å². The molecule has 0 spiro atoms. The molecule has 1 aliphatic heterocycles. The summed E-state index contributed by atoms with van der Waals surface area (Å²) in [6.45, 7) is 4.04. The van der Waals surface area contributed by atoms with Crippen molar-refractivity contribution in [1.82, 2.24) is 4.90 Å². The predicted octanol–water partition coefficient (Wildman–Crippen LogP) is 2.44. The maximum atomic E-state index is 12.3. The third-order valence-corrected chi connectivity index (χ3v) is 3.44. The van der Waals surface area contributed by atoms with E-state index in [-0.39, 0.29) is 17.9 Å². The minimum Gasteiger partial charge on any atom is -0.398 e. The Morgan fingerprint density at radius 3 is 2.50 bits per heavy atom. The Bertz CT molecular complexity index is 497. The van der Waals surface area contributed by atoms with E-state index in [4.69, 9.17) is 5.73 Å². The molecule has 0 saturated carbocycles. The van der Waals surface area contributed by atoms with E-state index in [1.165, 1.54) is 4.90 Å². The summed E-state index contributed by atoms with van der Waals surface area (Å²) >= 11 is 0. The molecule has 4 heteroatoms. The minimum atomic E-state index is -0.242. The zero-order chi connectivity index (χ0) is 13.3. The van der Waals surface area contributed by atoms with Crippen LogP contribution in [0.5, 0.6) is 0 Å². The van der Waals surface area contributed by atoms with Gasteiger partial charge in [-0.25, -0.2) is 0 Å². The molecule has 1 aliphatic rings. The molecule has 1 aromatic carbocycles. The molecule has 2 N–H and O–H groups in total. The van der Waals surface area contributed by atoms with Crippen molar-refractivity contribution >= 4 is 17.5 Å². The maximum absolute atomic E-state index is 12.3. The molecule has 1 atom stereocenters. The number of imide groups is 1. The van der Waals surface area contributed by atoms with Crippen molar-refractivity contribution < 1.29 is 9.59 Å². The molecule has 0 aromatic heterocycles. The number of hydrogen-bond acceptors (Lipinski definition) is 3. The fourth-order valence-corrected chi connectivity index (χ4v) is 2.51. The van der Waals surface area contributed by atoms with Gasteiger partial charge in [0.25, 0.3) is 11.8 Å². The first-order chi connectivity index (χ1) is 8.61. The first kappa shape index (κ1) is 12.6. The van der Waals surface area contributed by atoms with Crippen LogP contribution < -0.4 is 5.73 Å². The van der Waals surface area contributed by atoms with Crippen molar-refractivity contribution in [1.29, 1.82) is 0 Å². The second-order valence-electron chi connectivity index (χ2n) is 4.60. The number of carbonyl (C=O) groups is 2. The summed E-state index contributed by atoms with van der Waals surface area (Å²) in [7, 11) is 0. The lowest BCUT2D eigenvalue weighted by atomic mass is 10.1. The van der Waals surface area contributed by atoms with Crippen molar-refractivity contribution in [3.63, 3.8) is 0 Å². The van der Waals surface area contributed by atoms with Crippen LogP contribution in [-0.4, -0.2) is 22.8 Å². The molecule has 2 amide bonds. The van der Waals surface area contributed by atoms with Crippen molar-refractivity contribution in [3.05, 3.63) is 29.3 Å². The van der Waals surface area contributed by atoms with Crippen molar-refractivity contribution in [2.45, 2.75) is 39.2 Å². The summed E-state index contributed by atoms with van der Waals surface area (Å²) in [5.41, 5.74) is 7.00. The van der Waals surface area contributed by atoms with Gasteiger partial charge in [-0.05, 0) is 25.0 Å². The van der Waals surface area contributed by atoms with Crippen LogP contribution in [0.15, 0.2) is 18.2 Å². The Labute approximate surface area is 107 Å². The molecular formula is C14H18N2O2. The number of benzene rings is 1. The third-order valence-electron chi connectivity index (χ3n) is 3.44. The Hall–Kier alpha value is -1.84. The van der Waals surface area contributed by atoms with Crippen LogP contribution in [0.25, 0.3) is 0 Å². The average Bonchev–Trinajstić information content (AvgIpc) is 2.61. The third kappa shape index (κ3) is 1.78. The summed E-state index contributed by atoms with van der Waals surface area (Å²) in [5.74, 6) is -0.448. The summed E-state index contributed by atoms with van der Waals surface area (Å²) in [4.78, 5) is 26.0. The number of hydrogen-bond donors (Lipinski definition) is 1. The summed E-state index contributed by atoms with van der Waals surface area (Å²) in [5, 5.41) is 0. The SMILES string of the molecule is CCCC(CC)N1C(=O)c2cccc(N)c2C1=O. The largest absolute Gasteiger partial charge is 0.398 e. The number of rotatable bonds is 4. The number of amides is 2. The fourth-order valence-electron chi connectivity index (χ4n) is 2.51.